The second kappa shape index (κ2) is 22.0. The number of aliphatic hydroxyl groups is 1. The molecule has 1 aliphatic heterocycles. The zero-order valence-electron chi connectivity index (χ0n) is 35.1. The van der Waals surface area contributed by atoms with Crippen LogP contribution in [0.1, 0.15) is 69.1 Å². The second-order valence-electron chi connectivity index (χ2n) is 15.9. The highest BCUT2D eigenvalue weighted by atomic mass is 16.3. The van der Waals surface area contributed by atoms with E-state index in [1.165, 1.54) is 31.0 Å². The minimum Gasteiger partial charge on any atom is -0.508 e. The minimum absolute atomic E-state index is 0.0106. The molecule has 3 aromatic carbocycles. The first kappa shape index (κ1) is 46.0. The molecule has 9 N–H and O–H groups in total. The maximum absolute atomic E-state index is 14.6. The monoisotopic (exact) mass is 837 g/mol. The quantitative estimate of drug-likeness (QED) is 0.0923. The summed E-state index contributed by atoms with van der Waals surface area (Å²) >= 11 is 0. The molecular weight excluding hydrogens is 779 g/mol. The second-order valence-corrected chi connectivity index (χ2v) is 15.9. The molecule has 15 heteroatoms. The number of carbonyl (C=O) groups is 6. The number of aliphatic hydroxyl groups excluding tert-OH is 1. The summed E-state index contributed by atoms with van der Waals surface area (Å²) in [4.78, 5) is 90.7. The van der Waals surface area contributed by atoms with Crippen molar-refractivity contribution >= 4 is 46.2 Å². The van der Waals surface area contributed by atoms with Gasteiger partial charge >= 0.3 is 0 Å². The number of unbranched alkanes of at least 4 members (excludes halogenated alkanes) is 1. The van der Waals surface area contributed by atoms with Crippen molar-refractivity contribution in [3.05, 3.63) is 102 Å². The van der Waals surface area contributed by atoms with E-state index in [1.54, 1.807) is 42.6 Å². The van der Waals surface area contributed by atoms with Crippen molar-refractivity contribution in [2.75, 3.05) is 13.6 Å². The number of H-pyrrole nitrogens is 1. The average Bonchev–Trinajstić information content (AvgIpc) is 3.66. The number of nitrogens with zero attached hydrogens (tertiary/aromatic N) is 1. The number of phenolic OH excluding ortho intramolecular Hbond substituents is 1. The Labute approximate surface area is 356 Å². The number of aromatic nitrogens is 1. The number of carbonyl (C=O) groups excluding carboxylic acids is 6. The number of para-hydroxylation sites is 1. The van der Waals surface area contributed by atoms with Gasteiger partial charge in [0.1, 0.15) is 29.9 Å². The van der Waals surface area contributed by atoms with Gasteiger partial charge in [0.2, 0.25) is 29.5 Å². The van der Waals surface area contributed by atoms with Crippen LogP contribution in [0.25, 0.3) is 10.9 Å². The van der Waals surface area contributed by atoms with Gasteiger partial charge in [-0.3, -0.25) is 28.8 Å². The topological polar surface area (TPSA) is 236 Å². The summed E-state index contributed by atoms with van der Waals surface area (Å²) in [6, 6.07) is 16.4. The van der Waals surface area contributed by atoms with E-state index in [9.17, 15) is 39.0 Å². The zero-order chi connectivity index (χ0) is 44.1. The van der Waals surface area contributed by atoms with Crippen molar-refractivity contribution in [3.63, 3.8) is 0 Å². The first-order valence-electron chi connectivity index (χ1n) is 21.0. The van der Waals surface area contributed by atoms with Crippen LogP contribution in [-0.2, 0) is 48.0 Å². The van der Waals surface area contributed by atoms with Crippen LogP contribution in [-0.4, -0.2) is 105 Å². The number of phenols is 1. The Morgan fingerprint density at radius 1 is 0.721 bits per heavy atom. The maximum Gasteiger partial charge on any atom is 0.245 e. The number of fused-ring (bicyclic) bond motifs is 1. The molecule has 0 saturated carbocycles. The predicted molar refractivity (Wildman–Crippen MR) is 231 cm³/mol. The van der Waals surface area contributed by atoms with Crippen LogP contribution in [0.2, 0.25) is 0 Å². The fourth-order valence-corrected chi connectivity index (χ4v) is 7.79. The van der Waals surface area contributed by atoms with Crippen LogP contribution in [0.15, 0.2) is 85.1 Å². The number of aromatic amines is 1. The molecular formula is C46H59N7O8. The van der Waals surface area contributed by atoms with Gasteiger partial charge in [0, 0.05) is 55.7 Å². The smallest absolute Gasteiger partial charge is 0.245 e. The van der Waals surface area contributed by atoms with Crippen molar-refractivity contribution in [2.45, 2.75) is 108 Å². The number of hydrogen-bond acceptors (Lipinski definition) is 9. The zero-order valence-corrected chi connectivity index (χ0v) is 35.1. The fourth-order valence-electron chi connectivity index (χ4n) is 7.79. The largest absolute Gasteiger partial charge is 0.508 e. The molecule has 1 aliphatic rings. The van der Waals surface area contributed by atoms with Crippen molar-refractivity contribution in [1.82, 2.24) is 31.2 Å². The summed E-state index contributed by atoms with van der Waals surface area (Å²) in [5.41, 5.74) is 8.66. The number of amides is 5. The van der Waals surface area contributed by atoms with E-state index in [-0.39, 0.29) is 44.3 Å². The molecule has 0 bridgehead atoms. The summed E-state index contributed by atoms with van der Waals surface area (Å²) in [6.07, 6.45) is 2.00. The summed E-state index contributed by atoms with van der Waals surface area (Å²) in [7, 11) is 1.45. The standard InChI is InChI=1S/C46H59N7O8/c1-4-12-39-44(59)50-37(23-30-18-20-33(55)21-19-30)43(58)49-36(25-32-27-48-35-17-9-8-16-34(32)35)40(56)26-31(15-10-11-22-47)42(57)52-41(28(2)54)45(60)51-38(46(61)53(39)3)24-29-13-6-5-7-14-29/h5-9,13-14,16-21,27-28,31,36-39,41,48,54-55H,4,10-12,15,22-26,47H2,1-3H3,(H,49,58)(H,50,59)(H,51,60)(H,52,57)/t28-,31-,36-,37+,38+,39+,41+/m1/s1. The molecule has 1 aromatic heterocycles. The number of hydrogen-bond donors (Lipinski definition) is 8. The third-order valence-electron chi connectivity index (χ3n) is 11.3. The van der Waals surface area contributed by atoms with E-state index in [1.807, 2.05) is 37.3 Å². The van der Waals surface area contributed by atoms with Crippen molar-refractivity contribution < 1.29 is 39.0 Å². The van der Waals surface area contributed by atoms with Crippen LogP contribution in [0.5, 0.6) is 5.75 Å². The lowest BCUT2D eigenvalue weighted by atomic mass is 9.90. The lowest BCUT2D eigenvalue weighted by Crippen LogP contribution is -2.61. The number of rotatable bonds is 13. The van der Waals surface area contributed by atoms with E-state index in [0.717, 1.165) is 16.5 Å². The molecule has 0 spiro atoms. The van der Waals surface area contributed by atoms with Crippen LogP contribution in [0.4, 0.5) is 0 Å². The van der Waals surface area contributed by atoms with E-state index in [2.05, 4.69) is 26.3 Å². The Kier molecular flexibility index (Phi) is 16.6. The first-order valence-corrected chi connectivity index (χ1v) is 21.0. The normalized spacial score (nSPS) is 23.1. The SMILES string of the molecule is CCC[C@H]1C(=O)N[C@@H](Cc2ccc(O)cc2)C(=O)N[C@H](Cc2c[nH]c3ccccc23)C(=O)C[C@@H](CCCCN)C(=O)N[C@@H]([C@@H](C)O)C(=O)N[C@@H](Cc2ccccc2)C(=O)N1C. The lowest BCUT2D eigenvalue weighted by Gasteiger charge is -2.33. The van der Waals surface area contributed by atoms with E-state index >= 15 is 0 Å². The lowest BCUT2D eigenvalue weighted by molar-refractivity contribution is -0.144. The van der Waals surface area contributed by atoms with Crippen molar-refractivity contribution in [2.24, 2.45) is 11.7 Å². The van der Waals surface area contributed by atoms with Gasteiger partial charge in [0.15, 0.2) is 5.78 Å². The van der Waals surface area contributed by atoms with E-state index in [0.29, 0.717) is 36.9 Å². The van der Waals surface area contributed by atoms with Crippen LogP contribution in [0.3, 0.4) is 0 Å². The van der Waals surface area contributed by atoms with Gasteiger partial charge in [-0.25, -0.2) is 0 Å². The Balaban J connectivity index is 1.60. The molecule has 5 rings (SSSR count). The summed E-state index contributed by atoms with van der Waals surface area (Å²) in [5, 5.41) is 32.9. The number of Topliss-reactive ketones (excluding diaryl/α,β-unsaturated/α-hetero) is 1. The molecule has 0 unspecified atom stereocenters. The van der Waals surface area contributed by atoms with Gasteiger partial charge in [0.25, 0.3) is 0 Å². The van der Waals surface area contributed by atoms with Crippen LogP contribution < -0.4 is 27.0 Å². The van der Waals surface area contributed by atoms with E-state index in [4.69, 9.17) is 5.73 Å². The summed E-state index contributed by atoms with van der Waals surface area (Å²) in [6.45, 7) is 3.54. The number of ketones is 1. The molecule has 15 nitrogen and oxygen atoms in total. The summed E-state index contributed by atoms with van der Waals surface area (Å²) in [5.74, 6) is -4.82. The molecule has 2 heterocycles. The third kappa shape index (κ3) is 12.5. The molecule has 0 aliphatic carbocycles. The van der Waals surface area contributed by atoms with Gasteiger partial charge < -0.3 is 47.1 Å². The van der Waals surface area contributed by atoms with Crippen LogP contribution in [0, 0.1) is 5.92 Å². The molecule has 61 heavy (non-hydrogen) atoms. The predicted octanol–water partition coefficient (Wildman–Crippen LogP) is 2.57. The molecule has 7 atom stereocenters. The molecule has 1 saturated heterocycles. The van der Waals surface area contributed by atoms with Gasteiger partial charge in [-0.1, -0.05) is 80.4 Å². The van der Waals surface area contributed by atoms with Crippen molar-refractivity contribution in [3.8, 4) is 5.75 Å². The Hall–Kier alpha value is -6.06. The van der Waals surface area contributed by atoms with Crippen molar-refractivity contribution in [1.29, 1.82) is 0 Å². The molecule has 5 amide bonds. The summed E-state index contributed by atoms with van der Waals surface area (Å²) < 4.78 is 0. The highest BCUT2D eigenvalue weighted by molar-refractivity contribution is 5.99. The van der Waals surface area contributed by atoms with Gasteiger partial charge in [0.05, 0.1) is 12.1 Å². The maximum atomic E-state index is 14.6. The van der Waals surface area contributed by atoms with Gasteiger partial charge in [-0.05, 0) is 67.6 Å². The Morgan fingerprint density at radius 2 is 1.36 bits per heavy atom. The highest BCUT2D eigenvalue weighted by Gasteiger charge is 2.38. The van der Waals surface area contributed by atoms with E-state index < -0.39 is 77.6 Å². The number of likely N-dealkylation sites (N-methyl/N-ethyl adjacent to an activating group) is 1. The fraction of sp³-hybridized carbons (Fsp3) is 0.435. The number of nitrogens with one attached hydrogen (secondary N) is 5. The molecule has 0 radical (unpaired) electrons. The highest BCUT2D eigenvalue weighted by Crippen LogP contribution is 2.23. The molecule has 1 fully saturated rings. The number of nitrogens with two attached hydrogens (primary N) is 1. The molecule has 4 aromatic rings. The van der Waals surface area contributed by atoms with Crippen LogP contribution >= 0.6 is 0 Å². The first-order chi connectivity index (χ1) is 29.3. The average molecular weight is 838 g/mol. The Bertz CT molecular complexity index is 2120. The molecule has 326 valence electrons. The van der Waals surface area contributed by atoms with Gasteiger partial charge in [-0.15, -0.1) is 0 Å². The number of aromatic hydroxyl groups is 1. The number of benzene rings is 3. The van der Waals surface area contributed by atoms with Gasteiger partial charge in [-0.2, -0.15) is 0 Å². The minimum atomic E-state index is -1.51. The third-order valence-corrected chi connectivity index (χ3v) is 11.3. The Morgan fingerprint density at radius 3 is 2.05 bits per heavy atom.